The Labute approximate surface area is 210 Å². The van der Waals surface area contributed by atoms with Crippen LogP contribution >= 0.6 is 15.9 Å². The van der Waals surface area contributed by atoms with Crippen molar-refractivity contribution >= 4 is 27.9 Å². The average molecular weight is 557 g/mol. The minimum Gasteiger partial charge on any atom is -0.497 e. The normalized spacial score (nSPS) is 18.7. The van der Waals surface area contributed by atoms with E-state index in [1.807, 2.05) is 12.1 Å². The quantitative estimate of drug-likeness (QED) is 0.501. The van der Waals surface area contributed by atoms with E-state index in [0.717, 1.165) is 17.7 Å². The Hall–Kier alpha value is -2.75. The minimum atomic E-state index is -4.58. The summed E-state index contributed by atoms with van der Waals surface area (Å²) in [4.78, 5) is 27.3. The van der Waals surface area contributed by atoms with Crippen LogP contribution < -0.4 is 10.1 Å². The van der Waals surface area contributed by atoms with Gasteiger partial charge in [-0.2, -0.15) is 13.2 Å². The topological polar surface area (TPSA) is 67.9 Å². The molecule has 10 heteroatoms. The molecule has 0 bridgehead atoms. The maximum atomic E-state index is 13.2. The standard InChI is InChI=1S/C25H28BrF3N2O4/c1-24(2,3)35-23(33)31-10-9-21(20(14-31)15-5-7-19(34-4)8-6-15)30-22(32)16-11-17(25(27,28)29)13-18(26)12-16/h5-8,11-13,20-21H,9-10,14H2,1-4H3,(H,30,32)/t20-,21?/m0/s1. The maximum absolute atomic E-state index is 13.2. The zero-order valence-electron chi connectivity index (χ0n) is 19.9. The van der Waals surface area contributed by atoms with Crippen LogP contribution in [0.4, 0.5) is 18.0 Å². The summed E-state index contributed by atoms with van der Waals surface area (Å²) in [6.07, 6.45) is -4.63. The molecule has 0 aromatic heterocycles. The second-order valence-corrected chi connectivity index (χ2v) is 10.3. The van der Waals surface area contributed by atoms with Crippen LogP contribution in [0.25, 0.3) is 0 Å². The Balaban J connectivity index is 1.86. The van der Waals surface area contributed by atoms with E-state index in [-0.39, 0.29) is 22.5 Å². The number of likely N-dealkylation sites (tertiary alicyclic amines) is 1. The molecular weight excluding hydrogens is 529 g/mol. The van der Waals surface area contributed by atoms with Gasteiger partial charge in [0.25, 0.3) is 5.91 Å². The van der Waals surface area contributed by atoms with Crippen molar-refractivity contribution in [1.29, 1.82) is 0 Å². The molecule has 1 aliphatic rings. The molecule has 1 heterocycles. The van der Waals surface area contributed by atoms with E-state index in [9.17, 15) is 22.8 Å². The molecular formula is C25H28BrF3N2O4. The predicted molar refractivity (Wildman–Crippen MR) is 129 cm³/mol. The Morgan fingerprint density at radius 2 is 1.74 bits per heavy atom. The van der Waals surface area contributed by atoms with Gasteiger partial charge >= 0.3 is 12.3 Å². The lowest BCUT2D eigenvalue weighted by Gasteiger charge is -2.39. The summed E-state index contributed by atoms with van der Waals surface area (Å²) >= 11 is 3.06. The summed E-state index contributed by atoms with van der Waals surface area (Å²) in [5, 5.41) is 2.89. The van der Waals surface area contributed by atoms with Gasteiger partial charge in [0, 0.05) is 35.1 Å². The highest BCUT2D eigenvalue weighted by atomic mass is 79.9. The minimum absolute atomic E-state index is 0.102. The molecule has 6 nitrogen and oxygen atoms in total. The van der Waals surface area contributed by atoms with E-state index < -0.39 is 35.4 Å². The van der Waals surface area contributed by atoms with Gasteiger partial charge in [-0.25, -0.2) is 4.79 Å². The Bertz CT molecular complexity index is 1070. The van der Waals surface area contributed by atoms with Crippen molar-refractivity contribution in [3.05, 3.63) is 63.6 Å². The number of rotatable bonds is 4. The highest BCUT2D eigenvalue weighted by Crippen LogP contribution is 2.33. The Morgan fingerprint density at radius 1 is 1.09 bits per heavy atom. The van der Waals surface area contributed by atoms with Crippen LogP contribution in [0.3, 0.4) is 0 Å². The molecule has 1 fully saturated rings. The fourth-order valence-electron chi connectivity index (χ4n) is 3.94. The third-order valence-electron chi connectivity index (χ3n) is 5.61. The molecule has 0 spiro atoms. The van der Waals surface area contributed by atoms with E-state index in [2.05, 4.69) is 21.2 Å². The van der Waals surface area contributed by atoms with Crippen molar-refractivity contribution in [3.8, 4) is 5.75 Å². The Morgan fingerprint density at radius 3 is 2.31 bits per heavy atom. The summed E-state index contributed by atoms with van der Waals surface area (Å²) in [7, 11) is 1.55. The van der Waals surface area contributed by atoms with Crippen LogP contribution in [0.5, 0.6) is 5.75 Å². The summed E-state index contributed by atoms with van der Waals surface area (Å²) in [5.41, 5.74) is -0.818. The van der Waals surface area contributed by atoms with Crippen molar-refractivity contribution in [2.45, 2.75) is 50.9 Å². The number of amides is 2. The number of alkyl halides is 3. The molecule has 3 rings (SSSR count). The van der Waals surface area contributed by atoms with E-state index >= 15 is 0 Å². The lowest BCUT2D eigenvalue weighted by Crippen LogP contribution is -2.52. The van der Waals surface area contributed by atoms with Gasteiger partial charge in [0.1, 0.15) is 11.4 Å². The number of carbonyl (C=O) groups is 2. The largest absolute Gasteiger partial charge is 0.497 e. The van der Waals surface area contributed by atoms with Crippen LogP contribution in [-0.2, 0) is 10.9 Å². The number of hydrogen-bond donors (Lipinski definition) is 1. The van der Waals surface area contributed by atoms with Crippen molar-refractivity contribution in [1.82, 2.24) is 10.2 Å². The number of ether oxygens (including phenoxy) is 2. The first-order chi connectivity index (χ1) is 16.3. The van der Waals surface area contributed by atoms with Gasteiger partial charge in [-0.3, -0.25) is 4.79 Å². The molecule has 190 valence electrons. The van der Waals surface area contributed by atoms with E-state index in [4.69, 9.17) is 9.47 Å². The number of carbonyl (C=O) groups excluding carboxylic acids is 2. The van der Waals surface area contributed by atoms with Gasteiger partial charge in [-0.05, 0) is 63.1 Å². The highest BCUT2D eigenvalue weighted by molar-refractivity contribution is 9.10. The first-order valence-electron chi connectivity index (χ1n) is 11.1. The molecule has 0 radical (unpaired) electrons. The third kappa shape index (κ3) is 7.13. The van der Waals surface area contributed by atoms with Gasteiger partial charge < -0.3 is 19.7 Å². The lowest BCUT2D eigenvalue weighted by molar-refractivity contribution is -0.137. The first-order valence-corrected chi connectivity index (χ1v) is 11.9. The number of hydrogen-bond acceptors (Lipinski definition) is 4. The molecule has 2 aromatic carbocycles. The Kier molecular flexibility index (Phi) is 8.03. The molecule has 2 aromatic rings. The SMILES string of the molecule is COc1ccc([C@@H]2CN(C(=O)OC(C)(C)C)CCC2NC(=O)c2cc(Br)cc(C(F)(F)F)c2)cc1. The van der Waals surface area contributed by atoms with Gasteiger partial charge in [-0.1, -0.05) is 28.1 Å². The number of methoxy groups -OCH3 is 1. The molecule has 2 atom stereocenters. The van der Waals surface area contributed by atoms with Gasteiger partial charge in [-0.15, -0.1) is 0 Å². The van der Waals surface area contributed by atoms with Crippen LogP contribution in [0.1, 0.15) is 54.6 Å². The molecule has 35 heavy (non-hydrogen) atoms. The number of nitrogens with one attached hydrogen (secondary N) is 1. The zero-order valence-corrected chi connectivity index (χ0v) is 21.5. The van der Waals surface area contributed by atoms with Crippen molar-refractivity contribution in [2.24, 2.45) is 0 Å². The predicted octanol–water partition coefficient (Wildman–Crippen LogP) is 6.00. The molecule has 1 aliphatic heterocycles. The number of benzene rings is 2. The molecule has 1 unspecified atom stereocenters. The van der Waals surface area contributed by atoms with Gasteiger partial charge in [0.05, 0.1) is 12.7 Å². The molecule has 0 saturated carbocycles. The monoisotopic (exact) mass is 556 g/mol. The van der Waals surface area contributed by atoms with Crippen LogP contribution in [0.15, 0.2) is 46.9 Å². The van der Waals surface area contributed by atoms with E-state index in [1.165, 1.54) is 6.07 Å². The molecule has 2 amide bonds. The lowest BCUT2D eigenvalue weighted by atomic mass is 9.85. The molecule has 1 saturated heterocycles. The summed E-state index contributed by atoms with van der Waals surface area (Å²) in [6.45, 7) is 5.96. The first kappa shape index (κ1) is 26.8. The van der Waals surface area contributed by atoms with E-state index in [1.54, 1.807) is 44.9 Å². The van der Waals surface area contributed by atoms with Crippen molar-refractivity contribution in [2.75, 3.05) is 20.2 Å². The summed E-state index contributed by atoms with van der Waals surface area (Å²) in [6, 6.07) is 9.96. The van der Waals surface area contributed by atoms with E-state index in [0.29, 0.717) is 18.7 Å². The highest BCUT2D eigenvalue weighted by Gasteiger charge is 2.36. The van der Waals surface area contributed by atoms with Crippen LogP contribution in [-0.4, -0.2) is 48.7 Å². The fourth-order valence-corrected chi connectivity index (χ4v) is 4.44. The fraction of sp³-hybridized carbons (Fsp3) is 0.440. The number of nitrogens with zero attached hydrogens (tertiary/aromatic N) is 1. The summed E-state index contributed by atoms with van der Waals surface area (Å²) in [5.74, 6) is -0.269. The average Bonchev–Trinajstić information content (AvgIpc) is 2.77. The third-order valence-corrected chi connectivity index (χ3v) is 6.07. The zero-order chi connectivity index (χ0) is 26.0. The number of piperidine rings is 1. The van der Waals surface area contributed by atoms with Crippen molar-refractivity contribution < 1.29 is 32.2 Å². The van der Waals surface area contributed by atoms with Crippen molar-refractivity contribution in [3.63, 3.8) is 0 Å². The van der Waals surface area contributed by atoms with Crippen LogP contribution in [0, 0.1) is 0 Å². The molecule has 0 aliphatic carbocycles. The summed E-state index contributed by atoms with van der Waals surface area (Å²) < 4.78 is 50.6. The molecule has 1 N–H and O–H groups in total. The van der Waals surface area contributed by atoms with Gasteiger partial charge in [0.15, 0.2) is 0 Å². The van der Waals surface area contributed by atoms with Gasteiger partial charge in [0.2, 0.25) is 0 Å². The maximum Gasteiger partial charge on any atom is 0.416 e. The second-order valence-electron chi connectivity index (χ2n) is 9.40. The van der Waals surface area contributed by atoms with Crippen LogP contribution in [0.2, 0.25) is 0 Å². The number of halogens is 4. The second kappa shape index (κ2) is 10.5. The smallest absolute Gasteiger partial charge is 0.416 e.